The maximum absolute atomic E-state index is 12.7. The van der Waals surface area contributed by atoms with Crippen molar-refractivity contribution in [3.05, 3.63) is 36.5 Å². The highest BCUT2D eigenvalue weighted by atomic mass is 16.5. The molecule has 3 atom stereocenters. The van der Waals surface area contributed by atoms with Crippen molar-refractivity contribution >= 4 is 17.9 Å². The summed E-state index contributed by atoms with van der Waals surface area (Å²) in [6, 6.07) is 0. The molecule has 0 spiro atoms. The van der Waals surface area contributed by atoms with E-state index in [4.69, 9.17) is 14.6 Å². The predicted octanol–water partition coefficient (Wildman–Crippen LogP) is 16.2. The minimum absolute atomic E-state index is 0.0202. The van der Waals surface area contributed by atoms with Gasteiger partial charge in [0.25, 0.3) is 0 Å². The maximum atomic E-state index is 12.7. The van der Waals surface area contributed by atoms with Gasteiger partial charge < -0.3 is 19.7 Å². The Morgan fingerprint density at radius 1 is 0.393 bits per heavy atom. The molecule has 356 valence electrons. The van der Waals surface area contributed by atoms with Crippen LogP contribution in [0.4, 0.5) is 0 Å². The summed E-state index contributed by atoms with van der Waals surface area (Å²) in [6.07, 6.45) is 52.8. The number of carbonyl (C=O) groups excluding carboxylic acids is 2. The lowest BCUT2D eigenvalue weighted by Crippen LogP contribution is -2.17. The topological polar surface area (TPSA) is 110 Å². The Bertz CT molecular complexity index is 1070. The number of allylic oxidation sites excluding steroid dienone is 3. The summed E-state index contributed by atoms with van der Waals surface area (Å²) in [4.78, 5) is 36.1. The molecule has 0 aromatic carbocycles. The van der Waals surface area contributed by atoms with Crippen LogP contribution in [0.5, 0.6) is 0 Å². The van der Waals surface area contributed by atoms with Crippen LogP contribution in [0.15, 0.2) is 36.5 Å². The standard InChI is InChI=1S/C54H98O7/c1-4-7-10-31-40-49(55)41-32-25-19-13-17-23-29-38-47-53(58)61-51(43-34-12-9-6-3)45-36-27-21-15-18-24-30-39-48-54(59)60-50(42-33-11-8-5-2)44-35-26-20-14-16-22-28-37-46-52(56)57/h25-27,32,35-36,49-51,55H,4-24,28-31,33-34,37-48H2,1-3H3,(H,56,57). The number of aliphatic hydroxyl groups is 1. The Hall–Kier alpha value is -2.41. The van der Waals surface area contributed by atoms with Gasteiger partial charge in [0.05, 0.1) is 6.10 Å². The summed E-state index contributed by atoms with van der Waals surface area (Å²) in [5.41, 5.74) is 0. The molecule has 0 amide bonds. The summed E-state index contributed by atoms with van der Waals surface area (Å²) in [6.45, 7) is 6.65. The Morgan fingerprint density at radius 2 is 0.721 bits per heavy atom. The van der Waals surface area contributed by atoms with Crippen LogP contribution >= 0.6 is 0 Å². The van der Waals surface area contributed by atoms with E-state index in [1.54, 1.807) is 0 Å². The Morgan fingerprint density at radius 3 is 1.11 bits per heavy atom. The summed E-state index contributed by atoms with van der Waals surface area (Å²) >= 11 is 0. The Kier molecular flexibility index (Phi) is 45.2. The molecule has 0 saturated heterocycles. The molecule has 0 rings (SSSR count). The molecule has 0 aliphatic rings. The van der Waals surface area contributed by atoms with Crippen molar-refractivity contribution in [3.63, 3.8) is 0 Å². The molecule has 0 heterocycles. The van der Waals surface area contributed by atoms with Gasteiger partial charge in [-0.1, -0.05) is 179 Å². The quantitative estimate of drug-likeness (QED) is 0.0356. The third kappa shape index (κ3) is 45.4. The largest absolute Gasteiger partial charge is 0.481 e. The lowest BCUT2D eigenvalue weighted by molar-refractivity contribution is -0.150. The van der Waals surface area contributed by atoms with E-state index in [0.29, 0.717) is 12.8 Å². The molecule has 3 unspecified atom stereocenters. The number of unbranched alkanes of at least 4 members (excludes halogenated alkanes) is 24. The molecular weight excluding hydrogens is 761 g/mol. The highest BCUT2D eigenvalue weighted by Gasteiger charge is 2.14. The zero-order valence-electron chi connectivity index (χ0n) is 40.2. The first kappa shape index (κ1) is 58.6. The molecule has 0 aromatic rings. The Labute approximate surface area is 376 Å². The van der Waals surface area contributed by atoms with Crippen LogP contribution < -0.4 is 0 Å². The highest BCUT2D eigenvalue weighted by Crippen LogP contribution is 2.18. The van der Waals surface area contributed by atoms with Gasteiger partial charge in [-0.05, 0) is 96.3 Å². The molecular formula is C54H98O7. The number of carboxylic acid groups (broad SMARTS) is 1. The number of carboxylic acids is 1. The minimum atomic E-state index is -0.705. The van der Waals surface area contributed by atoms with Gasteiger partial charge in [0.2, 0.25) is 0 Å². The number of hydrogen-bond acceptors (Lipinski definition) is 6. The van der Waals surface area contributed by atoms with Crippen molar-refractivity contribution in [3.8, 4) is 0 Å². The smallest absolute Gasteiger partial charge is 0.306 e. The third-order valence-electron chi connectivity index (χ3n) is 11.7. The van der Waals surface area contributed by atoms with Gasteiger partial charge in [-0.15, -0.1) is 0 Å². The van der Waals surface area contributed by atoms with E-state index in [1.165, 1.54) is 70.6 Å². The average molecular weight is 859 g/mol. The van der Waals surface area contributed by atoms with Crippen LogP contribution in [-0.2, 0) is 23.9 Å². The first-order valence-corrected chi connectivity index (χ1v) is 26.1. The van der Waals surface area contributed by atoms with Gasteiger partial charge in [-0.3, -0.25) is 14.4 Å². The predicted molar refractivity (Wildman–Crippen MR) is 258 cm³/mol. The van der Waals surface area contributed by atoms with E-state index in [1.807, 2.05) is 0 Å². The van der Waals surface area contributed by atoms with Gasteiger partial charge in [0.1, 0.15) is 12.2 Å². The van der Waals surface area contributed by atoms with E-state index >= 15 is 0 Å². The first-order valence-electron chi connectivity index (χ1n) is 26.1. The molecule has 7 heteroatoms. The monoisotopic (exact) mass is 859 g/mol. The minimum Gasteiger partial charge on any atom is -0.481 e. The summed E-state index contributed by atoms with van der Waals surface area (Å²) < 4.78 is 11.9. The van der Waals surface area contributed by atoms with Crippen molar-refractivity contribution in [1.82, 2.24) is 0 Å². The second kappa shape index (κ2) is 47.1. The van der Waals surface area contributed by atoms with Crippen LogP contribution in [0, 0.1) is 0 Å². The summed E-state index contributed by atoms with van der Waals surface area (Å²) in [5.74, 6) is -0.803. The fourth-order valence-electron chi connectivity index (χ4n) is 7.76. The molecule has 0 bridgehead atoms. The normalized spacial score (nSPS) is 13.4. The van der Waals surface area contributed by atoms with Crippen molar-refractivity contribution in [2.45, 2.75) is 289 Å². The van der Waals surface area contributed by atoms with Crippen molar-refractivity contribution in [2.24, 2.45) is 0 Å². The molecule has 2 N–H and O–H groups in total. The van der Waals surface area contributed by atoms with Gasteiger partial charge in [-0.2, -0.15) is 0 Å². The molecule has 0 saturated carbocycles. The maximum Gasteiger partial charge on any atom is 0.306 e. The van der Waals surface area contributed by atoms with Gasteiger partial charge in [-0.25, -0.2) is 0 Å². The number of rotatable bonds is 47. The molecule has 0 fully saturated rings. The first-order chi connectivity index (χ1) is 29.8. The Balaban J connectivity index is 4.25. The van der Waals surface area contributed by atoms with Crippen LogP contribution in [-0.4, -0.2) is 46.4 Å². The molecule has 0 radical (unpaired) electrons. The van der Waals surface area contributed by atoms with Crippen LogP contribution in [0.1, 0.15) is 271 Å². The number of aliphatic carboxylic acids is 1. The fourth-order valence-corrected chi connectivity index (χ4v) is 7.76. The van der Waals surface area contributed by atoms with Crippen LogP contribution in [0.3, 0.4) is 0 Å². The second-order valence-electron chi connectivity index (χ2n) is 17.9. The van der Waals surface area contributed by atoms with Crippen LogP contribution in [0.25, 0.3) is 0 Å². The lowest BCUT2D eigenvalue weighted by Gasteiger charge is -2.17. The highest BCUT2D eigenvalue weighted by molar-refractivity contribution is 5.69. The fraction of sp³-hybridized carbons (Fsp3) is 0.833. The van der Waals surface area contributed by atoms with E-state index in [9.17, 15) is 19.5 Å². The zero-order chi connectivity index (χ0) is 44.7. The van der Waals surface area contributed by atoms with E-state index in [-0.39, 0.29) is 36.7 Å². The van der Waals surface area contributed by atoms with Gasteiger partial charge >= 0.3 is 17.9 Å². The summed E-state index contributed by atoms with van der Waals surface area (Å²) in [5, 5.41) is 18.9. The number of esters is 2. The molecule has 0 aliphatic heterocycles. The SMILES string of the molecule is CCCCCCC(O)CC=CCCCCCCCC(=O)OC(CC=CCCCCCCCC(=O)OC(CC=CCCCCCCCC(=O)O)CCCCCC)CCCCCC. The van der Waals surface area contributed by atoms with Gasteiger partial charge in [0.15, 0.2) is 0 Å². The number of aliphatic hydroxyl groups excluding tert-OH is 1. The van der Waals surface area contributed by atoms with Crippen LogP contribution in [0.2, 0.25) is 0 Å². The molecule has 61 heavy (non-hydrogen) atoms. The molecule has 7 nitrogen and oxygen atoms in total. The van der Waals surface area contributed by atoms with Crippen molar-refractivity contribution in [1.29, 1.82) is 0 Å². The van der Waals surface area contributed by atoms with Crippen molar-refractivity contribution < 1.29 is 34.1 Å². The molecule has 0 aliphatic carbocycles. The van der Waals surface area contributed by atoms with E-state index in [2.05, 4.69) is 57.2 Å². The van der Waals surface area contributed by atoms with E-state index < -0.39 is 5.97 Å². The molecule has 0 aromatic heterocycles. The van der Waals surface area contributed by atoms with Gasteiger partial charge in [0, 0.05) is 32.1 Å². The summed E-state index contributed by atoms with van der Waals surface area (Å²) in [7, 11) is 0. The zero-order valence-corrected chi connectivity index (χ0v) is 40.2. The lowest BCUT2D eigenvalue weighted by atomic mass is 10.0. The van der Waals surface area contributed by atoms with Crippen molar-refractivity contribution in [2.75, 3.05) is 0 Å². The number of hydrogen-bond donors (Lipinski definition) is 2. The third-order valence-corrected chi connectivity index (χ3v) is 11.7. The average Bonchev–Trinajstić information content (AvgIpc) is 3.24. The number of ether oxygens (including phenoxy) is 2. The second-order valence-corrected chi connectivity index (χ2v) is 17.9. The number of carbonyl (C=O) groups is 3. The van der Waals surface area contributed by atoms with E-state index in [0.717, 1.165) is 161 Å².